The van der Waals surface area contributed by atoms with Gasteiger partial charge in [0.1, 0.15) is 5.76 Å². The van der Waals surface area contributed by atoms with Gasteiger partial charge in [0.2, 0.25) is 0 Å². The lowest BCUT2D eigenvalue weighted by atomic mass is 10.1. The van der Waals surface area contributed by atoms with E-state index < -0.39 is 0 Å². The molecule has 0 saturated carbocycles. The first kappa shape index (κ1) is 18.7. The zero-order valence-corrected chi connectivity index (χ0v) is 16.1. The second-order valence-corrected chi connectivity index (χ2v) is 7.13. The molecule has 4 rings (SSSR count). The van der Waals surface area contributed by atoms with Crippen molar-refractivity contribution in [2.45, 2.75) is 32.5 Å². The molecule has 3 amide bonds. The van der Waals surface area contributed by atoms with E-state index in [0.717, 1.165) is 17.0 Å². The number of hydrogen-bond acceptors (Lipinski definition) is 4. The lowest BCUT2D eigenvalue weighted by molar-refractivity contribution is 0.0939. The molecule has 0 radical (unpaired) electrons. The fourth-order valence-electron chi connectivity index (χ4n) is 3.34. The van der Waals surface area contributed by atoms with Gasteiger partial charge in [-0.05, 0) is 55.0 Å². The van der Waals surface area contributed by atoms with E-state index >= 15 is 0 Å². The van der Waals surface area contributed by atoms with Crippen LogP contribution >= 0.6 is 0 Å². The quantitative estimate of drug-likeness (QED) is 0.697. The summed E-state index contributed by atoms with van der Waals surface area (Å²) in [6, 6.07) is 14.2. The van der Waals surface area contributed by atoms with E-state index in [0.29, 0.717) is 30.8 Å². The fourth-order valence-corrected chi connectivity index (χ4v) is 3.34. The predicted molar refractivity (Wildman–Crippen MR) is 108 cm³/mol. The van der Waals surface area contributed by atoms with Gasteiger partial charge < -0.3 is 20.0 Å². The van der Waals surface area contributed by atoms with E-state index in [1.165, 1.54) is 0 Å². The van der Waals surface area contributed by atoms with E-state index in [1.54, 1.807) is 41.6 Å². The van der Waals surface area contributed by atoms with Crippen LogP contribution in [0.3, 0.4) is 0 Å². The molecule has 7 heteroatoms. The molecule has 1 atom stereocenters. The van der Waals surface area contributed by atoms with Gasteiger partial charge in [-0.15, -0.1) is 0 Å². The monoisotopic (exact) mass is 390 g/mol. The Kier molecular flexibility index (Phi) is 5.29. The molecule has 0 aliphatic carbocycles. The van der Waals surface area contributed by atoms with Crippen molar-refractivity contribution in [3.8, 4) is 0 Å². The number of amides is 3. The zero-order chi connectivity index (χ0) is 20.2. The van der Waals surface area contributed by atoms with Crippen LogP contribution in [0.25, 0.3) is 0 Å². The van der Waals surface area contributed by atoms with Crippen LogP contribution < -0.4 is 10.6 Å². The summed E-state index contributed by atoms with van der Waals surface area (Å²) in [6.45, 7) is 2.97. The first-order valence-electron chi connectivity index (χ1n) is 9.50. The molecule has 0 bridgehead atoms. The molecule has 3 aromatic rings. The van der Waals surface area contributed by atoms with E-state index in [4.69, 9.17) is 4.42 Å². The fraction of sp³-hybridized carbons (Fsp3) is 0.227. The van der Waals surface area contributed by atoms with Crippen LogP contribution in [0.1, 0.15) is 34.3 Å². The van der Waals surface area contributed by atoms with Gasteiger partial charge in [0.05, 0.1) is 18.5 Å². The van der Waals surface area contributed by atoms with Crippen molar-refractivity contribution in [2.75, 3.05) is 5.32 Å². The van der Waals surface area contributed by atoms with Gasteiger partial charge in [0.15, 0.2) is 0 Å². The average molecular weight is 390 g/mol. The van der Waals surface area contributed by atoms with Gasteiger partial charge in [-0.25, -0.2) is 4.79 Å². The molecular weight excluding hydrogens is 368 g/mol. The Hall–Kier alpha value is -3.61. The van der Waals surface area contributed by atoms with Crippen molar-refractivity contribution in [2.24, 2.45) is 0 Å². The number of nitrogens with zero attached hydrogens (tertiary/aromatic N) is 2. The van der Waals surface area contributed by atoms with Crippen molar-refractivity contribution < 1.29 is 14.0 Å². The summed E-state index contributed by atoms with van der Waals surface area (Å²) in [6.07, 6.45) is 3.98. The molecular formula is C22H22N4O3. The van der Waals surface area contributed by atoms with Crippen LogP contribution in [0.4, 0.5) is 10.5 Å². The summed E-state index contributed by atoms with van der Waals surface area (Å²) >= 11 is 0. The highest BCUT2D eigenvalue weighted by atomic mass is 16.3. The van der Waals surface area contributed by atoms with Gasteiger partial charge in [-0.2, -0.15) is 0 Å². The molecule has 0 spiro atoms. The number of pyridine rings is 1. The SMILES string of the molecule is CC(Cc1ccco1)NC(=O)c1ccc(NC(=O)N2Cc3cccnc3C2)cc1. The Bertz CT molecular complexity index is 974. The summed E-state index contributed by atoms with van der Waals surface area (Å²) in [5.41, 5.74) is 3.17. The molecule has 7 nitrogen and oxygen atoms in total. The Morgan fingerprint density at radius 2 is 1.97 bits per heavy atom. The first-order valence-corrected chi connectivity index (χ1v) is 9.50. The number of carbonyl (C=O) groups is 2. The number of benzene rings is 1. The van der Waals surface area contributed by atoms with Crippen LogP contribution in [-0.2, 0) is 19.5 Å². The second-order valence-electron chi connectivity index (χ2n) is 7.13. The third kappa shape index (κ3) is 4.45. The normalized spacial score (nSPS) is 13.6. The van der Waals surface area contributed by atoms with Gasteiger partial charge in [-0.1, -0.05) is 6.07 Å². The van der Waals surface area contributed by atoms with Gasteiger partial charge in [0, 0.05) is 36.5 Å². The summed E-state index contributed by atoms with van der Waals surface area (Å²) < 4.78 is 5.31. The van der Waals surface area contributed by atoms with E-state index in [-0.39, 0.29) is 18.0 Å². The van der Waals surface area contributed by atoms with Crippen LogP contribution in [0.2, 0.25) is 0 Å². The summed E-state index contributed by atoms with van der Waals surface area (Å²) in [5.74, 6) is 0.665. The summed E-state index contributed by atoms with van der Waals surface area (Å²) in [4.78, 5) is 30.9. The summed E-state index contributed by atoms with van der Waals surface area (Å²) in [5, 5.41) is 5.82. The number of rotatable bonds is 5. The van der Waals surface area contributed by atoms with E-state index in [1.807, 2.05) is 31.2 Å². The van der Waals surface area contributed by atoms with Gasteiger partial charge in [-0.3, -0.25) is 9.78 Å². The highest BCUT2D eigenvalue weighted by Gasteiger charge is 2.24. The molecule has 0 fully saturated rings. The first-order chi connectivity index (χ1) is 14.1. The molecule has 29 heavy (non-hydrogen) atoms. The Morgan fingerprint density at radius 3 is 2.69 bits per heavy atom. The van der Waals surface area contributed by atoms with Crippen molar-refractivity contribution in [3.63, 3.8) is 0 Å². The van der Waals surface area contributed by atoms with E-state index in [2.05, 4.69) is 15.6 Å². The molecule has 2 aromatic heterocycles. The minimum Gasteiger partial charge on any atom is -0.469 e. The number of furan rings is 1. The maximum atomic E-state index is 12.5. The highest BCUT2D eigenvalue weighted by Crippen LogP contribution is 2.21. The third-order valence-corrected chi connectivity index (χ3v) is 4.84. The van der Waals surface area contributed by atoms with E-state index in [9.17, 15) is 9.59 Å². The number of hydrogen-bond donors (Lipinski definition) is 2. The molecule has 1 aliphatic heterocycles. The lowest BCUT2D eigenvalue weighted by Crippen LogP contribution is -2.34. The Balaban J connectivity index is 1.31. The number of aromatic nitrogens is 1. The number of carbonyl (C=O) groups excluding carboxylic acids is 2. The topological polar surface area (TPSA) is 87.5 Å². The van der Waals surface area contributed by atoms with Gasteiger partial charge in [0.25, 0.3) is 5.91 Å². The number of anilines is 1. The second kappa shape index (κ2) is 8.18. The van der Waals surface area contributed by atoms with Crippen LogP contribution in [0, 0.1) is 0 Å². The van der Waals surface area contributed by atoms with Crippen molar-refractivity contribution in [1.29, 1.82) is 0 Å². The van der Waals surface area contributed by atoms with Crippen molar-refractivity contribution >= 4 is 17.6 Å². The molecule has 0 saturated heterocycles. The Morgan fingerprint density at radius 1 is 1.14 bits per heavy atom. The van der Waals surface area contributed by atoms with Crippen LogP contribution in [0.15, 0.2) is 65.4 Å². The molecule has 3 heterocycles. The maximum absolute atomic E-state index is 12.5. The maximum Gasteiger partial charge on any atom is 0.322 e. The van der Waals surface area contributed by atoms with Crippen LogP contribution in [-0.4, -0.2) is 27.9 Å². The standard InChI is InChI=1S/C22H22N4O3/c1-15(12-19-5-3-11-29-19)24-21(27)16-6-8-18(9-7-16)25-22(28)26-13-17-4-2-10-23-20(17)14-26/h2-11,15H,12-14H2,1H3,(H,24,27)(H,25,28). The van der Waals surface area contributed by atoms with Crippen molar-refractivity contribution in [1.82, 2.24) is 15.2 Å². The average Bonchev–Trinajstić information content (AvgIpc) is 3.37. The molecule has 1 unspecified atom stereocenters. The molecule has 2 N–H and O–H groups in total. The lowest BCUT2D eigenvalue weighted by Gasteiger charge is -2.16. The highest BCUT2D eigenvalue weighted by molar-refractivity contribution is 5.95. The smallest absolute Gasteiger partial charge is 0.322 e. The van der Waals surface area contributed by atoms with Crippen LogP contribution in [0.5, 0.6) is 0 Å². The number of fused-ring (bicyclic) bond motifs is 1. The number of nitrogens with one attached hydrogen (secondary N) is 2. The van der Waals surface area contributed by atoms with Gasteiger partial charge >= 0.3 is 6.03 Å². The Labute approximate surface area is 168 Å². The third-order valence-electron chi connectivity index (χ3n) is 4.84. The largest absolute Gasteiger partial charge is 0.469 e. The predicted octanol–water partition coefficient (Wildman–Crippen LogP) is 3.58. The van der Waals surface area contributed by atoms with Crippen molar-refractivity contribution in [3.05, 3.63) is 83.6 Å². The summed E-state index contributed by atoms with van der Waals surface area (Å²) in [7, 11) is 0. The molecule has 148 valence electrons. The minimum atomic E-state index is -0.188. The molecule has 1 aromatic carbocycles. The zero-order valence-electron chi connectivity index (χ0n) is 16.1. The number of urea groups is 1. The molecule has 1 aliphatic rings. The minimum absolute atomic E-state index is 0.0570.